The van der Waals surface area contributed by atoms with Crippen molar-refractivity contribution in [3.8, 4) is 5.75 Å². The average Bonchev–Trinajstić information content (AvgIpc) is 4.00. The van der Waals surface area contributed by atoms with Gasteiger partial charge in [-0.2, -0.15) is 13.2 Å². The minimum Gasteiger partial charge on any atom is -0.405 e. The van der Waals surface area contributed by atoms with Gasteiger partial charge in [-0.1, -0.05) is 25.4 Å². The van der Waals surface area contributed by atoms with Crippen molar-refractivity contribution in [3.63, 3.8) is 0 Å². The first-order valence-corrected chi connectivity index (χ1v) is 22.9. The Balaban J connectivity index is 1.44. The summed E-state index contributed by atoms with van der Waals surface area (Å²) in [5, 5.41) is 7.61. The van der Waals surface area contributed by atoms with Gasteiger partial charge in [0.05, 0.1) is 6.54 Å². The van der Waals surface area contributed by atoms with Crippen LogP contribution < -0.4 is 20.7 Å². The molecule has 0 radical (unpaired) electrons. The van der Waals surface area contributed by atoms with Gasteiger partial charge in [-0.3, -0.25) is 33.6 Å². The maximum atomic E-state index is 14.9. The van der Waals surface area contributed by atoms with E-state index >= 15 is 0 Å². The molecule has 25 heteroatoms. The number of halogens is 10. The topological polar surface area (TPSA) is 178 Å². The van der Waals surface area contributed by atoms with E-state index in [-0.39, 0.29) is 48.7 Å². The van der Waals surface area contributed by atoms with Crippen LogP contribution in [0.15, 0.2) is 18.2 Å². The van der Waals surface area contributed by atoms with E-state index in [0.717, 1.165) is 28.0 Å². The monoisotopic (exact) mass is 1020 g/mol. The summed E-state index contributed by atoms with van der Waals surface area (Å²) >= 11 is 6.14. The molecular weight excluding hydrogens is 961 g/mol. The Morgan fingerprint density at radius 2 is 1.59 bits per heavy atom. The second-order valence-corrected chi connectivity index (χ2v) is 19.5. The van der Waals surface area contributed by atoms with Crippen molar-refractivity contribution in [3.05, 3.63) is 28.8 Å². The Kier molecular flexibility index (Phi) is 16.8. The number of alkyl halides is 9. The molecular formula is C44H57ClF9N7O8. The van der Waals surface area contributed by atoms with Crippen LogP contribution >= 0.6 is 11.6 Å². The molecule has 4 aliphatic rings. The molecule has 2 aliphatic heterocycles. The predicted molar refractivity (Wildman–Crippen MR) is 228 cm³/mol. The number of hydrogen-bond donors (Lipinski definition) is 3. The number of benzene rings is 1. The lowest BCUT2D eigenvalue weighted by Crippen LogP contribution is -2.65. The molecule has 4 fully saturated rings. The number of rotatable bonds is 11. The van der Waals surface area contributed by atoms with E-state index < -0.39 is 152 Å². The van der Waals surface area contributed by atoms with Gasteiger partial charge in [0.25, 0.3) is 5.92 Å². The van der Waals surface area contributed by atoms with Crippen molar-refractivity contribution in [2.45, 2.75) is 146 Å². The van der Waals surface area contributed by atoms with E-state index in [1.165, 1.54) is 33.0 Å². The lowest BCUT2D eigenvalue weighted by molar-refractivity contribution is -0.299. The van der Waals surface area contributed by atoms with E-state index in [0.29, 0.717) is 17.7 Å². The molecule has 7 amide bonds. The van der Waals surface area contributed by atoms with Crippen LogP contribution in [0.5, 0.6) is 5.75 Å². The van der Waals surface area contributed by atoms with Gasteiger partial charge in [-0.05, 0) is 81.0 Å². The Labute approximate surface area is 397 Å². The molecule has 2 aliphatic carbocycles. The summed E-state index contributed by atoms with van der Waals surface area (Å²) in [6.07, 6.45) is -16.8. The number of likely N-dealkylation sites (N-methyl/N-ethyl adjacent to an activating group) is 3. The van der Waals surface area contributed by atoms with Crippen molar-refractivity contribution in [2.75, 3.05) is 34.2 Å². The second kappa shape index (κ2) is 21.1. The molecule has 1 aromatic carbocycles. The zero-order chi connectivity index (χ0) is 51.7. The maximum Gasteiger partial charge on any atom is 0.573 e. The summed E-state index contributed by atoms with van der Waals surface area (Å²) in [5.74, 6) is -12.7. The van der Waals surface area contributed by atoms with Crippen LogP contribution in [0.1, 0.15) is 84.1 Å². The van der Waals surface area contributed by atoms with Crippen molar-refractivity contribution < 1.29 is 77.8 Å². The molecule has 2 saturated heterocycles. The molecule has 7 atom stereocenters. The van der Waals surface area contributed by atoms with Crippen LogP contribution in [0.2, 0.25) is 5.02 Å². The molecule has 15 nitrogen and oxygen atoms in total. The van der Waals surface area contributed by atoms with Gasteiger partial charge in [0.15, 0.2) is 5.41 Å². The summed E-state index contributed by atoms with van der Waals surface area (Å²) in [6, 6.07) is -5.88. The number of carbonyl (C=O) groups excluding carboxylic acids is 7. The van der Waals surface area contributed by atoms with Crippen molar-refractivity contribution >= 4 is 53.0 Å². The van der Waals surface area contributed by atoms with Crippen LogP contribution in [0, 0.1) is 17.3 Å². The fourth-order valence-electron chi connectivity index (χ4n) is 9.18. The van der Waals surface area contributed by atoms with Crippen molar-refractivity contribution in [1.29, 1.82) is 0 Å². The summed E-state index contributed by atoms with van der Waals surface area (Å²) < 4.78 is 130. The number of likely N-dealkylation sites (tertiary alicyclic amines) is 1. The summed E-state index contributed by atoms with van der Waals surface area (Å²) in [5.41, 5.74) is -3.79. The standard InChI is InChI=1S/C44H57ClF9N7O8/c1-22(2)15-28-38(66)60(6)30(17-25-16-26(45)12-13-32(25)69-44(52,53)54)35(63)55-23(3)37(65)58(4)14-8-7-9-29(34(62)56-28)59(5)39(67)33(24-10-11-24)57-36(64)31-18-27(46)19-61(31)40(68)41(43(49,50)51)20-42(47,48)21-41/h12-13,16,22-24,27-31,33H,7-11,14-15,17-21H2,1-6H3,(H,55,63)(H,56,62)(H,57,64)/t23-,27-,28+,29+,30+,31+,33+/m1/s1. The summed E-state index contributed by atoms with van der Waals surface area (Å²) in [6.45, 7) is 3.88. The number of ether oxygens (including phenoxy) is 1. The molecule has 0 spiro atoms. The van der Waals surface area contributed by atoms with Gasteiger partial charge < -0.3 is 40.3 Å². The van der Waals surface area contributed by atoms with Crippen LogP contribution in [-0.2, 0) is 40.0 Å². The SMILES string of the molecule is CC(C)C[C@@H]1NC(=O)[C@@H](N(C)C(=O)[C@@H](NC(=O)[C@@H]2C[C@@H](F)CN2C(=O)C2(C(F)(F)F)CC(F)(F)C2)C2CC2)CCCCN(C)C(=O)[C@@H](C)NC(=O)[C@H](Cc2cc(Cl)ccc2OC(F)(F)F)N(C)C1=O. The Morgan fingerprint density at radius 3 is 2.16 bits per heavy atom. The first-order chi connectivity index (χ1) is 31.9. The van der Waals surface area contributed by atoms with E-state index in [9.17, 15) is 73.1 Å². The highest BCUT2D eigenvalue weighted by Crippen LogP contribution is 2.61. The smallest absolute Gasteiger partial charge is 0.405 e. The zero-order valence-corrected chi connectivity index (χ0v) is 39.5. The van der Waals surface area contributed by atoms with Gasteiger partial charge in [-0.15, -0.1) is 13.2 Å². The zero-order valence-electron chi connectivity index (χ0n) is 38.7. The third-order valence-electron chi connectivity index (χ3n) is 13.1. The van der Waals surface area contributed by atoms with Crippen LogP contribution in [0.4, 0.5) is 39.5 Å². The molecule has 0 aromatic heterocycles. The van der Waals surface area contributed by atoms with Gasteiger partial charge >= 0.3 is 12.5 Å². The number of nitrogens with zero attached hydrogens (tertiary/aromatic N) is 4. The first-order valence-electron chi connectivity index (χ1n) is 22.5. The molecule has 2 heterocycles. The van der Waals surface area contributed by atoms with Gasteiger partial charge in [0, 0.05) is 58.4 Å². The largest absolute Gasteiger partial charge is 0.573 e. The number of hydrogen-bond acceptors (Lipinski definition) is 8. The molecule has 386 valence electrons. The van der Waals surface area contributed by atoms with E-state index in [4.69, 9.17) is 11.6 Å². The minimum atomic E-state index is -5.45. The highest BCUT2D eigenvalue weighted by molar-refractivity contribution is 6.30. The molecule has 5 rings (SSSR count). The maximum absolute atomic E-state index is 14.9. The first kappa shape index (κ1) is 54.9. The number of nitrogens with one attached hydrogen (secondary N) is 3. The Morgan fingerprint density at radius 1 is 0.957 bits per heavy atom. The molecule has 3 N–H and O–H groups in total. The lowest BCUT2D eigenvalue weighted by Gasteiger charge is -2.48. The normalized spacial score (nSPS) is 26.8. The predicted octanol–water partition coefficient (Wildman–Crippen LogP) is 4.92. The van der Waals surface area contributed by atoms with Crippen molar-refractivity contribution in [1.82, 2.24) is 35.6 Å². The third kappa shape index (κ3) is 13.0. The Hall–Kier alpha value is -5.03. The quantitative estimate of drug-likeness (QED) is 0.262. The summed E-state index contributed by atoms with van der Waals surface area (Å²) in [7, 11) is 3.84. The highest BCUT2D eigenvalue weighted by Gasteiger charge is 2.75. The lowest BCUT2D eigenvalue weighted by atomic mass is 9.64. The highest BCUT2D eigenvalue weighted by atomic mass is 35.5. The molecule has 69 heavy (non-hydrogen) atoms. The summed E-state index contributed by atoms with van der Waals surface area (Å²) in [4.78, 5) is 102. The van der Waals surface area contributed by atoms with Crippen LogP contribution in [0.25, 0.3) is 0 Å². The molecule has 2 saturated carbocycles. The fourth-order valence-corrected chi connectivity index (χ4v) is 9.37. The van der Waals surface area contributed by atoms with Crippen LogP contribution in [0.3, 0.4) is 0 Å². The fraction of sp³-hybridized carbons (Fsp3) is 0.705. The van der Waals surface area contributed by atoms with Crippen LogP contribution in [-0.4, -0.2) is 156 Å². The molecule has 1 aromatic rings. The third-order valence-corrected chi connectivity index (χ3v) is 13.3. The molecule has 0 unspecified atom stereocenters. The minimum absolute atomic E-state index is 0.0352. The van der Waals surface area contributed by atoms with Crippen molar-refractivity contribution in [2.24, 2.45) is 17.3 Å². The number of carbonyl (C=O) groups is 7. The van der Waals surface area contributed by atoms with Gasteiger partial charge in [-0.25, -0.2) is 13.2 Å². The number of amides is 7. The van der Waals surface area contributed by atoms with E-state index in [2.05, 4.69) is 20.7 Å². The van der Waals surface area contributed by atoms with Gasteiger partial charge in [0.2, 0.25) is 41.4 Å². The van der Waals surface area contributed by atoms with E-state index in [1.807, 2.05) is 0 Å². The van der Waals surface area contributed by atoms with Gasteiger partial charge in [0.1, 0.15) is 48.2 Å². The average molecular weight is 1020 g/mol. The van der Waals surface area contributed by atoms with E-state index in [1.54, 1.807) is 13.8 Å². The molecule has 0 bridgehead atoms. The Bertz CT molecular complexity index is 2120. The second-order valence-electron chi connectivity index (χ2n) is 19.0.